The normalized spacial score (nSPS) is 20.2. The van der Waals surface area contributed by atoms with Crippen LogP contribution in [0.2, 0.25) is 0 Å². The summed E-state index contributed by atoms with van der Waals surface area (Å²) >= 11 is 0. The average molecular weight is 467 g/mol. The van der Waals surface area contributed by atoms with Gasteiger partial charge in [0.1, 0.15) is 11.6 Å². The van der Waals surface area contributed by atoms with Gasteiger partial charge in [-0.3, -0.25) is 9.79 Å². The first-order chi connectivity index (χ1) is 11.5. The Morgan fingerprint density at radius 3 is 2.72 bits per heavy atom. The molecule has 1 aliphatic rings. The van der Waals surface area contributed by atoms with Crippen molar-refractivity contribution in [2.75, 3.05) is 33.8 Å². The van der Waals surface area contributed by atoms with Gasteiger partial charge in [0.2, 0.25) is 0 Å². The lowest BCUT2D eigenvalue weighted by molar-refractivity contribution is -0.145. The smallest absolute Gasteiger partial charge is 0.310 e. The van der Waals surface area contributed by atoms with E-state index in [4.69, 9.17) is 4.74 Å². The fourth-order valence-electron chi connectivity index (χ4n) is 2.96. The van der Waals surface area contributed by atoms with Gasteiger partial charge in [-0.2, -0.15) is 0 Å². The SMILES string of the molecule is CN=C(NCCc1ccc(F)cc1F)N1CC(C)C(C(=O)OC)C1.I. The van der Waals surface area contributed by atoms with E-state index in [1.807, 2.05) is 11.8 Å². The van der Waals surface area contributed by atoms with Crippen LogP contribution in [0.15, 0.2) is 23.2 Å². The fraction of sp³-hybridized carbons (Fsp3) is 0.529. The fourth-order valence-corrected chi connectivity index (χ4v) is 2.96. The van der Waals surface area contributed by atoms with Gasteiger partial charge in [-0.1, -0.05) is 13.0 Å². The lowest BCUT2D eigenvalue weighted by atomic mass is 9.99. The summed E-state index contributed by atoms with van der Waals surface area (Å²) in [6.07, 6.45) is 0.412. The largest absolute Gasteiger partial charge is 0.469 e. The summed E-state index contributed by atoms with van der Waals surface area (Å²) in [6.45, 7) is 3.70. The number of hydrogen-bond acceptors (Lipinski definition) is 3. The Morgan fingerprint density at radius 2 is 2.12 bits per heavy atom. The van der Waals surface area contributed by atoms with E-state index in [9.17, 15) is 13.6 Å². The lowest BCUT2D eigenvalue weighted by Crippen LogP contribution is -2.41. The quantitative estimate of drug-likeness (QED) is 0.320. The highest BCUT2D eigenvalue weighted by Crippen LogP contribution is 2.24. The van der Waals surface area contributed by atoms with Crippen LogP contribution >= 0.6 is 24.0 Å². The number of aliphatic imine (C=N–C) groups is 1. The number of methoxy groups -OCH3 is 1. The van der Waals surface area contributed by atoms with E-state index < -0.39 is 11.6 Å². The number of halogens is 3. The molecule has 8 heteroatoms. The molecule has 0 spiro atoms. The molecule has 1 aromatic carbocycles. The average Bonchev–Trinajstić information content (AvgIpc) is 2.94. The van der Waals surface area contributed by atoms with Gasteiger partial charge in [-0.15, -0.1) is 24.0 Å². The van der Waals surface area contributed by atoms with Crippen LogP contribution in [0.5, 0.6) is 0 Å². The van der Waals surface area contributed by atoms with Crippen molar-refractivity contribution in [1.29, 1.82) is 0 Å². The van der Waals surface area contributed by atoms with Crippen LogP contribution in [0.25, 0.3) is 0 Å². The summed E-state index contributed by atoms with van der Waals surface area (Å²) in [5.74, 6) is -0.689. The number of hydrogen-bond donors (Lipinski definition) is 1. The van der Waals surface area contributed by atoms with E-state index in [-0.39, 0.29) is 41.8 Å². The van der Waals surface area contributed by atoms with E-state index in [0.717, 1.165) is 6.07 Å². The van der Waals surface area contributed by atoms with E-state index in [2.05, 4.69) is 10.3 Å². The maximum absolute atomic E-state index is 13.6. The summed E-state index contributed by atoms with van der Waals surface area (Å²) in [5.41, 5.74) is 0.446. The Balaban J connectivity index is 0.00000312. The van der Waals surface area contributed by atoms with Crippen molar-refractivity contribution in [1.82, 2.24) is 10.2 Å². The molecule has 5 nitrogen and oxygen atoms in total. The van der Waals surface area contributed by atoms with Crippen LogP contribution in [0.1, 0.15) is 12.5 Å². The Bertz CT molecular complexity index is 628. The summed E-state index contributed by atoms with van der Waals surface area (Å²) < 4.78 is 31.4. The van der Waals surface area contributed by atoms with Gasteiger partial charge in [0.15, 0.2) is 5.96 Å². The minimum atomic E-state index is -0.583. The first-order valence-electron chi connectivity index (χ1n) is 7.93. The first kappa shape index (κ1) is 21.6. The number of rotatable bonds is 4. The topological polar surface area (TPSA) is 53.9 Å². The maximum atomic E-state index is 13.6. The standard InChI is InChI=1S/C17H23F2N3O2.HI/c1-11-9-22(10-14(11)16(23)24-3)17(20-2)21-7-6-12-4-5-13(18)8-15(12)19;/h4-5,8,11,14H,6-7,9-10H2,1-3H3,(H,20,21);1H. The van der Waals surface area contributed by atoms with E-state index in [1.54, 1.807) is 7.05 Å². The number of carbonyl (C=O) groups excluding carboxylic acids is 1. The lowest BCUT2D eigenvalue weighted by Gasteiger charge is -2.21. The second kappa shape index (κ2) is 9.88. The van der Waals surface area contributed by atoms with Gasteiger partial charge in [0, 0.05) is 32.7 Å². The van der Waals surface area contributed by atoms with E-state index in [1.165, 1.54) is 19.2 Å². The van der Waals surface area contributed by atoms with Gasteiger partial charge in [0.25, 0.3) is 0 Å². The second-order valence-corrected chi connectivity index (χ2v) is 5.97. The molecule has 0 saturated carbocycles. The molecule has 2 rings (SSSR count). The number of benzene rings is 1. The Kier molecular flexibility index (Phi) is 8.54. The molecule has 2 unspecified atom stereocenters. The van der Waals surface area contributed by atoms with Crippen molar-refractivity contribution < 1.29 is 18.3 Å². The van der Waals surface area contributed by atoms with Crippen LogP contribution in [0, 0.1) is 23.5 Å². The Hall–Kier alpha value is -1.45. The highest BCUT2D eigenvalue weighted by molar-refractivity contribution is 14.0. The van der Waals surface area contributed by atoms with Gasteiger partial charge in [0.05, 0.1) is 13.0 Å². The zero-order valence-corrected chi connectivity index (χ0v) is 16.9. The summed E-state index contributed by atoms with van der Waals surface area (Å²) in [4.78, 5) is 18.0. The molecule has 2 atom stereocenters. The molecule has 1 fully saturated rings. The van der Waals surface area contributed by atoms with Crippen LogP contribution in [-0.2, 0) is 16.0 Å². The van der Waals surface area contributed by atoms with Crippen LogP contribution < -0.4 is 5.32 Å². The predicted molar refractivity (Wildman–Crippen MR) is 103 cm³/mol. The van der Waals surface area contributed by atoms with Crippen molar-refractivity contribution in [3.05, 3.63) is 35.4 Å². The van der Waals surface area contributed by atoms with Crippen LogP contribution in [0.3, 0.4) is 0 Å². The van der Waals surface area contributed by atoms with E-state index in [0.29, 0.717) is 37.6 Å². The number of nitrogens with zero attached hydrogens (tertiary/aromatic N) is 2. The third-order valence-electron chi connectivity index (χ3n) is 4.32. The first-order valence-corrected chi connectivity index (χ1v) is 7.93. The Morgan fingerprint density at radius 1 is 1.40 bits per heavy atom. The molecule has 0 bridgehead atoms. The molecule has 25 heavy (non-hydrogen) atoms. The summed E-state index contributed by atoms with van der Waals surface area (Å²) in [5, 5.41) is 3.16. The number of carbonyl (C=O) groups is 1. The second-order valence-electron chi connectivity index (χ2n) is 5.97. The molecule has 1 N–H and O–H groups in total. The molecule has 0 radical (unpaired) electrons. The summed E-state index contributed by atoms with van der Waals surface area (Å²) in [7, 11) is 3.05. The maximum Gasteiger partial charge on any atom is 0.310 e. The molecule has 1 aromatic rings. The van der Waals surface area contributed by atoms with Gasteiger partial charge < -0.3 is 15.0 Å². The summed E-state index contributed by atoms with van der Waals surface area (Å²) in [6, 6.07) is 3.57. The zero-order valence-electron chi connectivity index (χ0n) is 14.6. The molecule has 140 valence electrons. The van der Waals surface area contributed by atoms with Gasteiger partial charge in [-0.05, 0) is 24.0 Å². The monoisotopic (exact) mass is 467 g/mol. The molecule has 1 saturated heterocycles. The third-order valence-corrected chi connectivity index (χ3v) is 4.32. The molecule has 0 aromatic heterocycles. The number of likely N-dealkylation sites (tertiary alicyclic amines) is 1. The van der Waals surface area contributed by atoms with Crippen molar-refractivity contribution in [3.8, 4) is 0 Å². The van der Waals surface area contributed by atoms with Crippen molar-refractivity contribution in [2.45, 2.75) is 13.3 Å². The van der Waals surface area contributed by atoms with Crippen molar-refractivity contribution in [3.63, 3.8) is 0 Å². The molecule has 0 amide bonds. The third kappa shape index (κ3) is 5.52. The predicted octanol–water partition coefficient (Wildman–Crippen LogP) is 2.44. The molecule has 0 aliphatic carbocycles. The van der Waals surface area contributed by atoms with E-state index >= 15 is 0 Å². The number of esters is 1. The minimum Gasteiger partial charge on any atom is -0.469 e. The molecule has 1 aliphatic heterocycles. The van der Waals surface area contributed by atoms with Gasteiger partial charge in [-0.25, -0.2) is 8.78 Å². The molecular formula is C17H24F2IN3O2. The van der Waals surface area contributed by atoms with Gasteiger partial charge >= 0.3 is 5.97 Å². The van der Waals surface area contributed by atoms with Crippen molar-refractivity contribution in [2.24, 2.45) is 16.8 Å². The minimum absolute atomic E-state index is 0. The zero-order chi connectivity index (χ0) is 17.7. The van der Waals surface area contributed by atoms with Crippen LogP contribution in [-0.4, -0.2) is 50.6 Å². The molecule has 1 heterocycles. The number of guanidine groups is 1. The number of ether oxygens (including phenoxy) is 1. The van der Waals surface area contributed by atoms with Crippen molar-refractivity contribution >= 4 is 35.9 Å². The number of nitrogens with one attached hydrogen (secondary N) is 1. The van der Waals surface area contributed by atoms with Crippen LogP contribution in [0.4, 0.5) is 8.78 Å². The highest BCUT2D eigenvalue weighted by Gasteiger charge is 2.36. The highest BCUT2D eigenvalue weighted by atomic mass is 127. The molecular weight excluding hydrogens is 443 g/mol. The Labute approximate surface area is 163 Å².